The summed E-state index contributed by atoms with van der Waals surface area (Å²) in [5.74, 6) is -0.413. The first-order valence-corrected chi connectivity index (χ1v) is 20.9. The Morgan fingerprint density at radius 2 is 1.84 bits per heavy atom. The number of aromatic nitrogens is 1. The summed E-state index contributed by atoms with van der Waals surface area (Å²) in [6, 6.07) is 12.6. The maximum Gasteiger partial charge on any atom is 0.240 e. The topological polar surface area (TPSA) is 158 Å². The van der Waals surface area contributed by atoms with Gasteiger partial charge in [0.05, 0.1) is 24.1 Å². The van der Waals surface area contributed by atoms with E-state index in [1.807, 2.05) is 31.2 Å². The van der Waals surface area contributed by atoms with Crippen molar-refractivity contribution in [1.82, 2.24) is 14.6 Å². The number of hydrogen-bond acceptors (Lipinski definition) is 8. The second-order valence-corrected chi connectivity index (χ2v) is 18.3. The van der Waals surface area contributed by atoms with Crippen molar-refractivity contribution < 1.29 is 36.7 Å². The second kappa shape index (κ2) is 16.7. The zero-order chi connectivity index (χ0) is 39.5. The lowest BCUT2D eigenvalue weighted by molar-refractivity contribution is -0.138. The highest BCUT2D eigenvalue weighted by Crippen LogP contribution is 2.43. The van der Waals surface area contributed by atoms with E-state index in [9.17, 15) is 27.2 Å². The maximum atomic E-state index is 13.7. The van der Waals surface area contributed by atoms with E-state index in [4.69, 9.17) is 20.2 Å². The number of carbonyl (C=O) groups is 3. The molecular weight excluding hydrogens is 724 g/mol. The van der Waals surface area contributed by atoms with Crippen LogP contribution in [0.2, 0.25) is 0 Å². The van der Waals surface area contributed by atoms with Crippen molar-refractivity contribution >= 4 is 38.5 Å². The summed E-state index contributed by atoms with van der Waals surface area (Å²) in [7, 11) is -2.06. The number of rotatable bonds is 16. The summed E-state index contributed by atoms with van der Waals surface area (Å²) >= 11 is 0. The summed E-state index contributed by atoms with van der Waals surface area (Å²) in [5, 5.41) is 1.53. The molecule has 1 saturated heterocycles. The molecule has 3 aromatic rings. The summed E-state index contributed by atoms with van der Waals surface area (Å²) in [6.07, 6.45) is 10.3. The van der Waals surface area contributed by atoms with Crippen LogP contribution in [0.1, 0.15) is 85.0 Å². The number of likely N-dealkylation sites (tertiary alicyclic amines) is 1. The van der Waals surface area contributed by atoms with Crippen molar-refractivity contribution in [2.24, 2.45) is 29.4 Å². The Morgan fingerprint density at radius 3 is 2.53 bits per heavy atom. The molecule has 296 valence electrons. The van der Waals surface area contributed by atoms with Crippen LogP contribution in [0, 0.1) is 29.5 Å². The van der Waals surface area contributed by atoms with Crippen molar-refractivity contribution in [3.8, 4) is 22.9 Å². The van der Waals surface area contributed by atoms with Gasteiger partial charge in [0.2, 0.25) is 33.6 Å². The monoisotopic (exact) mass is 776 g/mol. The molecule has 2 saturated carbocycles. The predicted molar refractivity (Wildman–Crippen MR) is 209 cm³/mol. The van der Waals surface area contributed by atoms with E-state index in [0.717, 1.165) is 42.9 Å². The van der Waals surface area contributed by atoms with Gasteiger partial charge in [0.25, 0.3) is 0 Å². The fourth-order valence-electron chi connectivity index (χ4n) is 8.05. The van der Waals surface area contributed by atoms with E-state index in [2.05, 4.69) is 23.8 Å². The lowest BCUT2D eigenvalue weighted by Gasteiger charge is -2.24. The van der Waals surface area contributed by atoms with Crippen LogP contribution in [-0.4, -0.2) is 66.6 Å². The van der Waals surface area contributed by atoms with Gasteiger partial charge in [0.1, 0.15) is 23.7 Å². The number of allylic oxidation sites excluding steroid dienone is 2. The van der Waals surface area contributed by atoms with Gasteiger partial charge >= 0.3 is 0 Å². The van der Waals surface area contributed by atoms with Gasteiger partial charge < -0.3 is 20.1 Å². The lowest BCUT2D eigenvalue weighted by Crippen LogP contribution is -2.44. The van der Waals surface area contributed by atoms with Gasteiger partial charge in [-0.25, -0.2) is 17.8 Å². The number of ether oxygens (including phenoxy) is 2. The highest BCUT2D eigenvalue weighted by atomic mass is 32.2. The van der Waals surface area contributed by atoms with E-state index in [-0.39, 0.29) is 54.8 Å². The Hall–Kier alpha value is -4.52. The van der Waals surface area contributed by atoms with E-state index in [1.54, 1.807) is 26.2 Å². The molecule has 55 heavy (non-hydrogen) atoms. The van der Waals surface area contributed by atoms with Crippen LogP contribution >= 0.6 is 0 Å². The van der Waals surface area contributed by atoms with E-state index < -0.39 is 32.8 Å². The molecule has 13 heteroatoms. The number of benzene rings is 2. The number of carbonyl (C=O) groups excluding carboxylic acids is 3. The van der Waals surface area contributed by atoms with Crippen LogP contribution in [0.5, 0.6) is 11.6 Å². The fraction of sp³-hybridized carbons (Fsp3) is 0.524. The van der Waals surface area contributed by atoms with Crippen molar-refractivity contribution in [3.63, 3.8) is 0 Å². The average Bonchev–Trinajstić information content (AvgIpc) is 3.52. The number of nitrogens with zero attached hydrogens (tertiary/aromatic N) is 2. The Morgan fingerprint density at radius 1 is 1.09 bits per heavy atom. The molecule has 3 N–H and O–H groups in total. The Balaban J connectivity index is 1.02. The van der Waals surface area contributed by atoms with E-state index >= 15 is 0 Å². The SMILES string of the molecule is COc1ccc2c(O[C@@H]3C[C@@H](C(N)=O)N(C(=O)C[C@H](C)C[C@@H](C)CC/C=C\[C@@H]4CCCC4C(=O)NS(=O)(=O)C4(C)CC4)C3)nc(-c3ccc(F)cc3)cc2c1. The number of nitrogens with one attached hydrogen (secondary N) is 1. The summed E-state index contributed by atoms with van der Waals surface area (Å²) in [4.78, 5) is 45.4. The number of pyridine rings is 1. The third-order valence-electron chi connectivity index (χ3n) is 11.6. The number of halogens is 1. The molecular formula is C42H53FN4O7S. The van der Waals surface area contributed by atoms with E-state index in [1.165, 1.54) is 17.0 Å². The maximum absolute atomic E-state index is 13.7. The van der Waals surface area contributed by atoms with Crippen LogP contribution < -0.4 is 19.9 Å². The molecule has 3 aliphatic rings. The van der Waals surface area contributed by atoms with Gasteiger partial charge in [-0.2, -0.15) is 0 Å². The van der Waals surface area contributed by atoms with Gasteiger partial charge in [0, 0.05) is 29.7 Å². The zero-order valence-corrected chi connectivity index (χ0v) is 32.9. The number of fused-ring (bicyclic) bond motifs is 1. The molecule has 1 unspecified atom stereocenters. The average molecular weight is 777 g/mol. The molecule has 3 amide bonds. The lowest BCUT2D eigenvalue weighted by atomic mass is 9.90. The second-order valence-electron chi connectivity index (χ2n) is 16.1. The van der Waals surface area contributed by atoms with Gasteiger partial charge in [-0.15, -0.1) is 0 Å². The molecule has 6 rings (SSSR count). The van der Waals surface area contributed by atoms with Crippen LogP contribution in [0.3, 0.4) is 0 Å². The summed E-state index contributed by atoms with van der Waals surface area (Å²) in [6.45, 7) is 6.06. The van der Waals surface area contributed by atoms with Crippen molar-refractivity contribution in [3.05, 3.63) is 66.5 Å². The molecule has 1 aromatic heterocycles. The van der Waals surface area contributed by atoms with E-state index in [0.29, 0.717) is 48.1 Å². The zero-order valence-electron chi connectivity index (χ0n) is 32.1. The first-order chi connectivity index (χ1) is 26.2. The van der Waals surface area contributed by atoms with Crippen LogP contribution in [0.4, 0.5) is 4.39 Å². The molecule has 2 heterocycles. The molecule has 0 spiro atoms. The molecule has 1 aliphatic heterocycles. The molecule has 3 fully saturated rings. The molecule has 2 aliphatic carbocycles. The number of amides is 3. The highest BCUT2D eigenvalue weighted by molar-refractivity contribution is 7.91. The Kier molecular flexibility index (Phi) is 12.2. The third kappa shape index (κ3) is 9.48. The molecule has 6 atom stereocenters. The Labute approximate surface area is 323 Å². The first-order valence-electron chi connectivity index (χ1n) is 19.4. The minimum Gasteiger partial charge on any atom is -0.497 e. The normalized spacial score (nSPS) is 23.1. The largest absolute Gasteiger partial charge is 0.497 e. The Bertz CT molecular complexity index is 2030. The molecule has 2 aromatic carbocycles. The quantitative estimate of drug-likeness (QED) is 0.153. The van der Waals surface area contributed by atoms with Crippen LogP contribution in [-0.2, 0) is 24.4 Å². The number of hydrogen-bond donors (Lipinski definition) is 2. The first kappa shape index (κ1) is 40.2. The highest BCUT2D eigenvalue weighted by Gasteiger charge is 2.51. The number of primary amides is 1. The van der Waals surface area contributed by atoms with Gasteiger partial charge in [-0.05, 0) is 124 Å². The van der Waals surface area contributed by atoms with Gasteiger partial charge in [-0.3, -0.25) is 19.1 Å². The number of nitrogens with two attached hydrogens (primary N) is 1. The number of methoxy groups -OCH3 is 1. The molecule has 0 bridgehead atoms. The van der Waals surface area contributed by atoms with Crippen LogP contribution in [0.15, 0.2) is 60.7 Å². The molecule has 0 radical (unpaired) electrons. The smallest absolute Gasteiger partial charge is 0.240 e. The predicted octanol–water partition coefficient (Wildman–Crippen LogP) is 6.69. The minimum absolute atomic E-state index is 0.0253. The molecule has 11 nitrogen and oxygen atoms in total. The third-order valence-corrected chi connectivity index (χ3v) is 13.8. The summed E-state index contributed by atoms with van der Waals surface area (Å²) < 4.78 is 52.3. The summed E-state index contributed by atoms with van der Waals surface area (Å²) in [5.41, 5.74) is 7.09. The van der Waals surface area contributed by atoms with Crippen LogP contribution in [0.25, 0.3) is 22.0 Å². The van der Waals surface area contributed by atoms with Crippen molar-refractivity contribution in [2.75, 3.05) is 13.7 Å². The standard InChI is InChI=1S/C42H53FN4O7S/c1-26(8-5-6-9-28-10-7-11-34(28)40(50)46-55(51,52)42(3)18-19-42)20-27(2)21-38(48)47-25-33(24-37(47)39(44)49)54-41-35-17-16-32(53-4)22-30(35)23-36(45-41)29-12-14-31(43)15-13-29/h6,9,12-17,22-23,26-28,33-34,37H,5,7-8,10-11,18-21,24-25H2,1-4H3,(H2,44,49)(H,46,50)/b9-6-/t26-,27+,28+,33+,34?,37-/m0/s1. The van der Waals surface area contributed by atoms with Crippen molar-refractivity contribution in [2.45, 2.75) is 102 Å². The van der Waals surface area contributed by atoms with Gasteiger partial charge in [0.15, 0.2) is 0 Å². The fourth-order valence-corrected chi connectivity index (χ4v) is 9.35. The van der Waals surface area contributed by atoms with Crippen molar-refractivity contribution in [1.29, 1.82) is 0 Å². The minimum atomic E-state index is -3.65. The van der Waals surface area contributed by atoms with Gasteiger partial charge in [-0.1, -0.05) is 32.4 Å². The number of sulfonamides is 1.